The Balaban J connectivity index is 2.63. The maximum Gasteiger partial charge on any atom is 0.104 e. The third kappa shape index (κ3) is 4.40. The molecule has 0 spiro atoms. The number of ether oxygens (including phenoxy) is 1. The summed E-state index contributed by atoms with van der Waals surface area (Å²) in [5.41, 5.74) is 5.67. The normalized spacial score (nSPS) is 14.5. The minimum Gasteiger partial charge on any atom is -0.353 e. The Morgan fingerprint density at radius 2 is 2.50 bits per heavy atom. The molecule has 0 heterocycles. The summed E-state index contributed by atoms with van der Waals surface area (Å²) >= 11 is 3.05. The molecule has 0 aromatic carbocycles. The minimum absolute atomic E-state index is 0.149. The Morgan fingerprint density at radius 1 is 2.00 bits per heavy atom. The van der Waals surface area contributed by atoms with Crippen LogP contribution in [0.3, 0.4) is 0 Å². The molecule has 0 radical (unpaired) electrons. The Kier molecular flexibility index (Phi) is 3.82. The topological polar surface area (TPSA) is 35.2 Å². The lowest BCUT2D eigenvalue weighted by atomic mass is 10.7. The quantitative estimate of drug-likeness (QED) is 0.468. The van der Waals surface area contributed by atoms with E-state index in [4.69, 9.17) is 10.5 Å². The monoisotopic (exact) mass is 153 g/mol. The van der Waals surface area contributed by atoms with Crippen LogP contribution in [0.1, 0.15) is 6.92 Å². The number of alkyl halides is 1. The van der Waals surface area contributed by atoms with E-state index in [9.17, 15) is 0 Å². The zero-order chi connectivity index (χ0) is 4.99. The third-order valence-electron chi connectivity index (χ3n) is 0.326. The lowest BCUT2D eigenvalue weighted by Crippen LogP contribution is -2.17. The Bertz CT molecular complexity index is 32.0. The van der Waals surface area contributed by atoms with Crippen molar-refractivity contribution in [3.8, 4) is 0 Å². The molecule has 6 heavy (non-hydrogen) atoms. The van der Waals surface area contributed by atoms with Crippen LogP contribution < -0.4 is 5.73 Å². The second kappa shape index (κ2) is 3.59. The van der Waals surface area contributed by atoms with Gasteiger partial charge in [-0.1, -0.05) is 15.9 Å². The standard InChI is InChI=1S/C3H8BrNO/c1-3(5)6-2-4/h3H,2,5H2,1H3. The molecule has 1 unspecified atom stereocenters. The first-order chi connectivity index (χ1) is 2.77. The second-order valence-corrected chi connectivity index (χ2v) is 1.44. The van der Waals surface area contributed by atoms with Crippen molar-refractivity contribution in [1.82, 2.24) is 0 Å². The van der Waals surface area contributed by atoms with Crippen molar-refractivity contribution in [3.05, 3.63) is 0 Å². The van der Waals surface area contributed by atoms with Crippen LogP contribution in [-0.2, 0) is 4.74 Å². The van der Waals surface area contributed by atoms with Gasteiger partial charge in [0.2, 0.25) is 0 Å². The summed E-state index contributed by atoms with van der Waals surface area (Å²) < 4.78 is 4.74. The molecular formula is C3H8BrNO. The molecule has 0 aliphatic heterocycles. The van der Waals surface area contributed by atoms with Crippen molar-refractivity contribution in [3.63, 3.8) is 0 Å². The predicted octanol–water partition coefficient (Wildman–Crippen LogP) is 0.660. The largest absolute Gasteiger partial charge is 0.353 e. The molecule has 3 heteroatoms. The molecule has 0 aromatic heterocycles. The van der Waals surface area contributed by atoms with Gasteiger partial charge in [0, 0.05) is 0 Å². The SMILES string of the molecule is CC(N)OCBr. The van der Waals surface area contributed by atoms with E-state index in [1.807, 2.05) is 0 Å². The van der Waals surface area contributed by atoms with Crippen LogP contribution in [-0.4, -0.2) is 11.7 Å². The van der Waals surface area contributed by atoms with E-state index >= 15 is 0 Å². The number of halogens is 1. The van der Waals surface area contributed by atoms with Crippen molar-refractivity contribution in [2.75, 3.05) is 5.52 Å². The zero-order valence-corrected chi connectivity index (χ0v) is 5.23. The van der Waals surface area contributed by atoms with Crippen molar-refractivity contribution < 1.29 is 4.74 Å². The highest BCUT2D eigenvalue weighted by molar-refractivity contribution is 9.09. The Hall–Kier alpha value is 0.400. The van der Waals surface area contributed by atoms with Crippen molar-refractivity contribution in [2.45, 2.75) is 13.2 Å². The van der Waals surface area contributed by atoms with E-state index in [1.54, 1.807) is 6.92 Å². The number of nitrogens with two attached hydrogens (primary N) is 1. The first kappa shape index (κ1) is 6.40. The van der Waals surface area contributed by atoms with Crippen LogP contribution in [0.4, 0.5) is 0 Å². The fourth-order valence-electron chi connectivity index (χ4n) is 0.0994. The van der Waals surface area contributed by atoms with E-state index in [1.165, 1.54) is 0 Å². The molecule has 2 nitrogen and oxygen atoms in total. The summed E-state index contributed by atoms with van der Waals surface area (Å²) in [7, 11) is 0. The summed E-state index contributed by atoms with van der Waals surface area (Å²) in [6, 6.07) is 0. The first-order valence-corrected chi connectivity index (χ1v) is 2.82. The van der Waals surface area contributed by atoms with Gasteiger partial charge >= 0.3 is 0 Å². The van der Waals surface area contributed by atoms with Crippen LogP contribution in [0.2, 0.25) is 0 Å². The van der Waals surface area contributed by atoms with Crippen LogP contribution in [0.15, 0.2) is 0 Å². The summed E-state index contributed by atoms with van der Waals surface area (Å²) in [5.74, 6) is 0. The minimum atomic E-state index is -0.149. The molecule has 0 saturated carbocycles. The van der Waals surface area contributed by atoms with E-state index in [-0.39, 0.29) is 6.23 Å². The molecule has 0 bridgehead atoms. The van der Waals surface area contributed by atoms with Gasteiger partial charge in [-0.25, -0.2) is 0 Å². The molecule has 0 aliphatic rings. The van der Waals surface area contributed by atoms with Gasteiger partial charge in [0.1, 0.15) is 11.7 Å². The fraction of sp³-hybridized carbons (Fsp3) is 1.00. The molecule has 0 saturated heterocycles. The van der Waals surface area contributed by atoms with Crippen LogP contribution in [0, 0.1) is 0 Å². The highest BCUT2D eigenvalue weighted by atomic mass is 79.9. The first-order valence-electron chi connectivity index (χ1n) is 1.70. The average molecular weight is 154 g/mol. The van der Waals surface area contributed by atoms with Gasteiger partial charge in [-0.15, -0.1) is 0 Å². The molecule has 2 N–H and O–H groups in total. The molecule has 0 aliphatic carbocycles. The van der Waals surface area contributed by atoms with Gasteiger partial charge in [0.05, 0.1) is 0 Å². The molecule has 38 valence electrons. The van der Waals surface area contributed by atoms with Crippen LogP contribution in [0.5, 0.6) is 0 Å². The van der Waals surface area contributed by atoms with Gasteiger partial charge in [-0.3, -0.25) is 0 Å². The molecule has 0 rings (SSSR count). The predicted molar refractivity (Wildman–Crippen MR) is 28.5 cm³/mol. The molecule has 0 fully saturated rings. The third-order valence-corrected chi connectivity index (χ3v) is 0.590. The van der Waals surface area contributed by atoms with E-state index in [2.05, 4.69) is 15.9 Å². The highest BCUT2D eigenvalue weighted by Gasteiger charge is 1.84. The van der Waals surface area contributed by atoms with E-state index in [0.29, 0.717) is 5.52 Å². The van der Waals surface area contributed by atoms with Gasteiger partial charge in [-0.05, 0) is 6.92 Å². The molecule has 0 aromatic rings. The summed E-state index contributed by atoms with van der Waals surface area (Å²) in [4.78, 5) is 0. The summed E-state index contributed by atoms with van der Waals surface area (Å²) in [6.45, 7) is 1.78. The fourth-order valence-corrected chi connectivity index (χ4v) is 0.516. The van der Waals surface area contributed by atoms with Crippen molar-refractivity contribution in [1.29, 1.82) is 0 Å². The second-order valence-electron chi connectivity index (χ2n) is 0.981. The summed E-state index contributed by atoms with van der Waals surface area (Å²) in [5, 5.41) is 0. The van der Waals surface area contributed by atoms with Gasteiger partial charge in [-0.2, -0.15) is 0 Å². The van der Waals surface area contributed by atoms with Gasteiger partial charge in [0.25, 0.3) is 0 Å². The average Bonchev–Trinajstić information content (AvgIpc) is 1.35. The Labute approximate surface area is 45.8 Å². The molecular weight excluding hydrogens is 146 g/mol. The maximum absolute atomic E-state index is 5.15. The number of rotatable bonds is 2. The van der Waals surface area contributed by atoms with E-state index < -0.39 is 0 Å². The number of hydrogen-bond donors (Lipinski definition) is 1. The van der Waals surface area contributed by atoms with Gasteiger partial charge in [0.15, 0.2) is 0 Å². The maximum atomic E-state index is 5.15. The van der Waals surface area contributed by atoms with Crippen LogP contribution in [0.25, 0.3) is 0 Å². The molecule has 0 amide bonds. The number of hydrogen-bond acceptors (Lipinski definition) is 2. The van der Waals surface area contributed by atoms with E-state index in [0.717, 1.165) is 0 Å². The summed E-state index contributed by atoms with van der Waals surface area (Å²) in [6.07, 6.45) is -0.149. The lowest BCUT2D eigenvalue weighted by molar-refractivity contribution is 0.114. The molecule has 1 atom stereocenters. The zero-order valence-electron chi connectivity index (χ0n) is 3.65. The van der Waals surface area contributed by atoms with Crippen molar-refractivity contribution in [2.24, 2.45) is 5.73 Å². The smallest absolute Gasteiger partial charge is 0.104 e. The van der Waals surface area contributed by atoms with Crippen LogP contribution >= 0.6 is 15.9 Å². The Morgan fingerprint density at radius 3 is 2.50 bits per heavy atom. The highest BCUT2D eigenvalue weighted by Crippen LogP contribution is 1.83. The lowest BCUT2D eigenvalue weighted by Gasteiger charge is -1.99. The van der Waals surface area contributed by atoms with Gasteiger partial charge < -0.3 is 10.5 Å². The van der Waals surface area contributed by atoms with Crippen molar-refractivity contribution >= 4 is 15.9 Å².